The van der Waals surface area contributed by atoms with E-state index >= 15 is 0 Å². The normalized spacial score (nSPS) is 10.0. The molecule has 0 spiro atoms. The summed E-state index contributed by atoms with van der Waals surface area (Å²) in [5.74, 6) is 1.70. The molecule has 1 N–H and O–H groups in total. The predicted octanol–water partition coefficient (Wildman–Crippen LogP) is 2.70. The van der Waals surface area contributed by atoms with Crippen LogP contribution in [-0.2, 0) is 6.54 Å². The fourth-order valence-electron chi connectivity index (χ4n) is 1.90. The van der Waals surface area contributed by atoms with Crippen LogP contribution in [0.1, 0.15) is 15.9 Å². The zero-order valence-corrected chi connectivity index (χ0v) is 13.0. The standard InChI is InChI=1S/C15H17NO4S/c1-18-12-7-14(20-3)13(19-2)6-11(12)8-16-15(17)10-4-5-21-9-10/h4-7,9H,8H2,1-3H3,(H,16,17). The molecule has 112 valence electrons. The minimum Gasteiger partial charge on any atom is -0.496 e. The van der Waals surface area contributed by atoms with Gasteiger partial charge in [-0.05, 0) is 17.5 Å². The summed E-state index contributed by atoms with van der Waals surface area (Å²) in [7, 11) is 4.71. The Bertz CT molecular complexity index is 610. The van der Waals surface area contributed by atoms with Crippen molar-refractivity contribution in [3.05, 3.63) is 40.1 Å². The fraction of sp³-hybridized carbons (Fsp3) is 0.267. The van der Waals surface area contributed by atoms with Crippen LogP contribution in [-0.4, -0.2) is 27.2 Å². The molecule has 0 radical (unpaired) electrons. The Hall–Kier alpha value is -2.21. The Balaban J connectivity index is 2.17. The van der Waals surface area contributed by atoms with Gasteiger partial charge in [0.05, 0.1) is 21.3 Å². The van der Waals surface area contributed by atoms with Crippen LogP contribution in [0.3, 0.4) is 0 Å². The van der Waals surface area contributed by atoms with Crippen molar-refractivity contribution in [2.24, 2.45) is 0 Å². The maximum Gasteiger partial charge on any atom is 0.252 e. The molecule has 1 amide bonds. The Morgan fingerprint density at radius 3 is 2.33 bits per heavy atom. The van der Waals surface area contributed by atoms with Crippen molar-refractivity contribution in [2.75, 3.05) is 21.3 Å². The van der Waals surface area contributed by atoms with Gasteiger partial charge in [0, 0.05) is 29.1 Å². The molecule has 5 nitrogen and oxygen atoms in total. The Morgan fingerprint density at radius 2 is 1.76 bits per heavy atom. The van der Waals surface area contributed by atoms with Crippen molar-refractivity contribution in [1.29, 1.82) is 0 Å². The second-order valence-electron chi connectivity index (χ2n) is 4.21. The first-order valence-corrected chi connectivity index (χ1v) is 7.23. The van der Waals surface area contributed by atoms with Crippen LogP contribution >= 0.6 is 11.3 Å². The highest BCUT2D eigenvalue weighted by molar-refractivity contribution is 7.08. The number of benzene rings is 1. The first kappa shape index (κ1) is 15.2. The first-order valence-electron chi connectivity index (χ1n) is 6.29. The maximum absolute atomic E-state index is 12.0. The van der Waals surface area contributed by atoms with Gasteiger partial charge in [0.15, 0.2) is 11.5 Å². The lowest BCUT2D eigenvalue weighted by atomic mass is 10.1. The Kier molecular flexibility index (Phi) is 5.05. The third-order valence-electron chi connectivity index (χ3n) is 3.01. The highest BCUT2D eigenvalue weighted by Gasteiger charge is 2.13. The van der Waals surface area contributed by atoms with Crippen LogP contribution in [0.5, 0.6) is 17.2 Å². The molecule has 2 rings (SSSR count). The molecular weight excluding hydrogens is 290 g/mol. The summed E-state index contributed by atoms with van der Waals surface area (Å²) in [5.41, 5.74) is 1.47. The molecule has 1 aromatic carbocycles. The number of thiophene rings is 1. The van der Waals surface area contributed by atoms with Gasteiger partial charge in [-0.3, -0.25) is 4.79 Å². The topological polar surface area (TPSA) is 56.8 Å². The van der Waals surface area contributed by atoms with E-state index in [1.165, 1.54) is 11.3 Å². The summed E-state index contributed by atoms with van der Waals surface area (Å²) < 4.78 is 15.8. The zero-order chi connectivity index (χ0) is 15.2. The van der Waals surface area contributed by atoms with Crippen molar-refractivity contribution in [1.82, 2.24) is 5.32 Å². The van der Waals surface area contributed by atoms with Gasteiger partial charge in [-0.25, -0.2) is 0 Å². The first-order chi connectivity index (χ1) is 10.2. The minimum atomic E-state index is -0.118. The van der Waals surface area contributed by atoms with Gasteiger partial charge in [-0.1, -0.05) is 0 Å². The zero-order valence-electron chi connectivity index (χ0n) is 12.1. The summed E-state index contributed by atoms with van der Waals surface area (Å²) >= 11 is 1.49. The van der Waals surface area contributed by atoms with Crippen LogP contribution in [0.4, 0.5) is 0 Å². The second-order valence-corrected chi connectivity index (χ2v) is 4.99. The molecule has 2 aromatic rings. The number of rotatable bonds is 6. The smallest absolute Gasteiger partial charge is 0.252 e. The van der Waals surface area contributed by atoms with E-state index < -0.39 is 0 Å². The molecule has 0 saturated carbocycles. The number of amides is 1. The van der Waals surface area contributed by atoms with Crippen LogP contribution in [0.15, 0.2) is 29.0 Å². The van der Waals surface area contributed by atoms with Gasteiger partial charge in [-0.15, -0.1) is 0 Å². The van der Waals surface area contributed by atoms with Crippen molar-refractivity contribution >= 4 is 17.2 Å². The van der Waals surface area contributed by atoms with Gasteiger partial charge in [0.2, 0.25) is 0 Å². The SMILES string of the molecule is COc1cc(OC)c(OC)cc1CNC(=O)c1ccsc1. The maximum atomic E-state index is 12.0. The van der Waals surface area contributed by atoms with Gasteiger partial charge in [0.25, 0.3) is 5.91 Å². The van der Waals surface area contributed by atoms with E-state index in [-0.39, 0.29) is 5.91 Å². The Morgan fingerprint density at radius 1 is 1.10 bits per heavy atom. The Labute approximate surface area is 127 Å². The van der Waals surface area contributed by atoms with Gasteiger partial charge in [-0.2, -0.15) is 11.3 Å². The van der Waals surface area contributed by atoms with E-state index in [1.807, 2.05) is 5.38 Å². The quantitative estimate of drug-likeness (QED) is 0.891. The van der Waals surface area contributed by atoms with E-state index in [9.17, 15) is 4.79 Å². The number of carbonyl (C=O) groups excluding carboxylic acids is 1. The van der Waals surface area contributed by atoms with E-state index in [1.54, 1.807) is 44.9 Å². The van der Waals surface area contributed by atoms with Crippen molar-refractivity contribution in [3.63, 3.8) is 0 Å². The van der Waals surface area contributed by atoms with Gasteiger partial charge < -0.3 is 19.5 Å². The molecule has 0 aliphatic carbocycles. The number of nitrogens with one attached hydrogen (secondary N) is 1. The lowest BCUT2D eigenvalue weighted by Crippen LogP contribution is -2.22. The highest BCUT2D eigenvalue weighted by Crippen LogP contribution is 2.34. The molecule has 21 heavy (non-hydrogen) atoms. The molecule has 0 saturated heterocycles. The van der Waals surface area contributed by atoms with Crippen molar-refractivity contribution < 1.29 is 19.0 Å². The highest BCUT2D eigenvalue weighted by atomic mass is 32.1. The minimum absolute atomic E-state index is 0.118. The predicted molar refractivity (Wildman–Crippen MR) is 81.6 cm³/mol. The third kappa shape index (κ3) is 3.46. The molecule has 6 heteroatoms. The number of carbonyl (C=O) groups is 1. The monoisotopic (exact) mass is 307 g/mol. The molecule has 0 fully saturated rings. The lowest BCUT2D eigenvalue weighted by molar-refractivity contribution is 0.0951. The number of hydrogen-bond donors (Lipinski definition) is 1. The molecule has 0 aliphatic heterocycles. The van der Waals surface area contributed by atoms with Crippen LogP contribution in [0.2, 0.25) is 0 Å². The molecule has 0 atom stereocenters. The van der Waals surface area contributed by atoms with E-state index in [2.05, 4.69) is 5.32 Å². The van der Waals surface area contributed by atoms with Crippen LogP contribution < -0.4 is 19.5 Å². The average molecular weight is 307 g/mol. The molecule has 1 heterocycles. The summed E-state index contributed by atoms with van der Waals surface area (Å²) in [6.07, 6.45) is 0. The van der Waals surface area contributed by atoms with E-state index in [0.717, 1.165) is 5.56 Å². The summed E-state index contributed by atoms with van der Waals surface area (Å²) in [6, 6.07) is 5.32. The van der Waals surface area contributed by atoms with Gasteiger partial charge >= 0.3 is 0 Å². The van der Waals surface area contributed by atoms with Crippen LogP contribution in [0.25, 0.3) is 0 Å². The number of hydrogen-bond acceptors (Lipinski definition) is 5. The summed E-state index contributed by atoms with van der Waals surface area (Å²) in [4.78, 5) is 12.0. The largest absolute Gasteiger partial charge is 0.496 e. The fourth-order valence-corrected chi connectivity index (χ4v) is 2.54. The second kappa shape index (κ2) is 6.99. The summed E-state index contributed by atoms with van der Waals surface area (Å²) in [5, 5.41) is 6.53. The molecule has 0 aliphatic rings. The average Bonchev–Trinajstić information content (AvgIpc) is 3.06. The molecule has 1 aromatic heterocycles. The lowest BCUT2D eigenvalue weighted by Gasteiger charge is -2.14. The van der Waals surface area contributed by atoms with Crippen molar-refractivity contribution in [2.45, 2.75) is 6.54 Å². The van der Waals surface area contributed by atoms with E-state index in [0.29, 0.717) is 29.4 Å². The van der Waals surface area contributed by atoms with Crippen LogP contribution in [0, 0.1) is 0 Å². The molecule has 0 unspecified atom stereocenters. The summed E-state index contributed by atoms with van der Waals surface area (Å²) in [6.45, 7) is 0.345. The van der Waals surface area contributed by atoms with Gasteiger partial charge in [0.1, 0.15) is 5.75 Å². The molecular formula is C15H17NO4S. The van der Waals surface area contributed by atoms with E-state index in [4.69, 9.17) is 14.2 Å². The molecule has 0 bridgehead atoms. The third-order valence-corrected chi connectivity index (χ3v) is 3.69. The number of ether oxygens (including phenoxy) is 3. The number of methoxy groups -OCH3 is 3. The van der Waals surface area contributed by atoms with Crippen molar-refractivity contribution in [3.8, 4) is 17.2 Å².